The van der Waals surface area contributed by atoms with Gasteiger partial charge in [0.2, 0.25) is 11.8 Å². The topological polar surface area (TPSA) is 84.3 Å². The number of aryl methyl sites for hydroxylation is 1. The van der Waals surface area contributed by atoms with E-state index in [0.29, 0.717) is 30.9 Å². The van der Waals surface area contributed by atoms with E-state index in [1.54, 1.807) is 11.8 Å². The summed E-state index contributed by atoms with van der Waals surface area (Å²) in [5, 5.41) is 3.06. The van der Waals surface area contributed by atoms with Crippen molar-refractivity contribution in [3.8, 4) is 0 Å². The second-order valence-electron chi connectivity index (χ2n) is 8.16. The molecule has 2 saturated carbocycles. The van der Waals surface area contributed by atoms with Gasteiger partial charge in [0.05, 0.1) is 17.8 Å². The highest BCUT2D eigenvalue weighted by atomic mass is 16.2. The molecule has 0 radical (unpaired) electrons. The maximum Gasteiger partial charge on any atom is 0.259 e. The van der Waals surface area contributed by atoms with Gasteiger partial charge in [-0.25, -0.2) is 4.98 Å². The van der Waals surface area contributed by atoms with Crippen molar-refractivity contribution in [1.29, 1.82) is 0 Å². The maximum absolute atomic E-state index is 13.0. The van der Waals surface area contributed by atoms with Crippen LogP contribution >= 0.6 is 0 Å². The van der Waals surface area contributed by atoms with Gasteiger partial charge in [-0.2, -0.15) is 0 Å². The summed E-state index contributed by atoms with van der Waals surface area (Å²) in [7, 11) is 0. The van der Waals surface area contributed by atoms with Gasteiger partial charge in [0.15, 0.2) is 0 Å². The van der Waals surface area contributed by atoms with E-state index in [1.807, 2.05) is 0 Å². The predicted molar refractivity (Wildman–Crippen MR) is 100 cm³/mol. The van der Waals surface area contributed by atoms with Crippen molar-refractivity contribution in [2.75, 3.05) is 6.54 Å². The van der Waals surface area contributed by atoms with Gasteiger partial charge in [0.1, 0.15) is 12.4 Å². The molecule has 3 aliphatic rings. The molecular formula is C20H28N4O3. The number of carbonyl (C=O) groups excluding carboxylic acids is 2. The minimum Gasteiger partial charge on any atom is -0.352 e. The van der Waals surface area contributed by atoms with Crippen LogP contribution in [0.5, 0.6) is 0 Å². The van der Waals surface area contributed by atoms with Crippen LogP contribution in [0.4, 0.5) is 0 Å². The fourth-order valence-electron chi connectivity index (χ4n) is 4.26. The first kappa shape index (κ1) is 18.2. The minimum atomic E-state index is -0.176. The fraction of sp³-hybridized carbons (Fsp3) is 0.700. The van der Waals surface area contributed by atoms with Gasteiger partial charge in [-0.1, -0.05) is 19.3 Å². The molecule has 0 bridgehead atoms. The molecule has 2 amide bonds. The average molecular weight is 372 g/mol. The molecule has 7 heteroatoms. The molecule has 2 fully saturated rings. The third-order valence-electron chi connectivity index (χ3n) is 6.02. The van der Waals surface area contributed by atoms with Crippen LogP contribution in [0, 0.1) is 12.8 Å². The number of carbonyl (C=O) groups is 2. The number of hydrogen-bond acceptors (Lipinski definition) is 4. The SMILES string of the molecule is Cc1nc2c(c(=O)n1CC(=O)NC1CCCCC1)CN(C(=O)C1CC1)CC2. The van der Waals surface area contributed by atoms with E-state index in [2.05, 4.69) is 10.3 Å². The van der Waals surface area contributed by atoms with E-state index < -0.39 is 0 Å². The Kier molecular flexibility index (Phi) is 5.02. The number of nitrogens with zero attached hydrogens (tertiary/aromatic N) is 3. The lowest BCUT2D eigenvalue weighted by Gasteiger charge is -2.29. The van der Waals surface area contributed by atoms with Crippen molar-refractivity contribution in [2.24, 2.45) is 5.92 Å². The van der Waals surface area contributed by atoms with Crippen LogP contribution in [0.25, 0.3) is 0 Å². The number of aromatic nitrogens is 2. The Labute approximate surface area is 159 Å². The lowest BCUT2D eigenvalue weighted by atomic mass is 9.95. The Hall–Kier alpha value is -2.18. The number of fused-ring (bicyclic) bond motifs is 1. The molecule has 146 valence electrons. The molecule has 0 aromatic carbocycles. The summed E-state index contributed by atoms with van der Waals surface area (Å²) in [6.45, 7) is 2.72. The van der Waals surface area contributed by atoms with Crippen molar-refractivity contribution in [3.63, 3.8) is 0 Å². The van der Waals surface area contributed by atoms with Crippen LogP contribution in [-0.2, 0) is 29.1 Å². The monoisotopic (exact) mass is 372 g/mol. The Morgan fingerprint density at radius 1 is 1.15 bits per heavy atom. The van der Waals surface area contributed by atoms with Crippen LogP contribution in [0.3, 0.4) is 0 Å². The van der Waals surface area contributed by atoms with Gasteiger partial charge in [-0.3, -0.25) is 19.0 Å². The molecule has 1 N–H and O–H groups in total. The van der Waals surface area contributed by atoms with E-state index >= 15 is 0 Å². The molecule has 0 unspecified atom stereocenters. The number of amides is 2. The first-order valence-corrected chi connectivity index (χ1v) is 10.2. The normalized spacial score (nSPS) is 20.3. The van der Waals surface area contributed by atoms with Crippen LogP contribution in [0.2, 0.25) is 0 Å². The van der Waals surface area contributed by atoms with Crippen LogP contribution < -0.4 is 10.9 Å². The molecule has 2 heterocycles. The maximum atomic E-state index is 13.0. The molecule has 2 aliphatic carbocycles. The number of hydrogen-bond donors (Lipinski definition) is 1. The number of rotatable bonds is 4. The van der Waals surface area contributed by atoms with Gasteiger partial charge >= 0.3 is 0 Å². The van der Waals surface area contributed by atoms with Gasteiger partial charge < -0.3 is 10.2 Å². The van der Waals surface area contributed by atoms with Crippen LogP contribution in [0.1, 0.15) is 62.0 Å². The molecule has 4 rings (SSSR count). The Morgan fingerprint density at radius 2 is 1.89 bits per heavy atom. The Morgan fingerprint density at radius 3 is 2.59 bits per heavy atom. The van der Waals surface area contributed by atoms with E-state index in [4.69, 9.17) is 0 Å². The predicted octanol–water partition coefficient (Wildman–Crippen LogP) is 1.30. The summed E-state index contributed by atoms with van der Waals surface area (Å²) in [6.07, 6.45) is 8.08. The minimum absolute atomic E-state index is 0.00197. The zero-order valence-corrected chi connectivity index (χ0v) is 16.0. The highest BCUT2D eigenvalue weighted by molar-refractivity contribution is 5.81. The fourth-order valence-corrected chi connectivity index (χ4v) is 4.26. The largest absolute Gasteiger partial charge is 0.352 e. The summed E-state index contributed by atoms with van der Waals surface area (Å²) in [5.74, 6) is 0.741. The quantitative estimate of drug-likeness (QED) is 0.863. The van der Waals surface area contributed by atoms with Gasteiger partial charge in [-0.05, 0) is 32.6 Å². The molecule has 1 aromatic heterocycles. The van der Waals surface area contributed by atoms with Crippen LogP contribution in [0.15, 0.2) is 4.79 Å². The van der Waals surface area contributed by atoms with Gasteiger partial charge in [-0.15, -0.1) is 0 Å². The van der Waals surface area contributed by atoms with E-state index in [1.165, 1.54) is 11.0 Å². The third-order valence-corrected chi connectivity index (χ3v) is 6.02. The zero-order valence-electron chi connectivity index (χ0n) is 16.0. The summed E-state index contributed by atoms with van der Waals surface area (Å²) >= 11 is 0. The first-order valence-electron chi connectivity index (χ1n) is 10.2. The summed E-state index contributed by atoms with van der Waals surface area (Å²) in [4.78, 5) is 44.2. The van der Waals surface area contributed by atoms with Crippen molar-refractivity contribution in [3.05, 3.63) is 27.4 Å². The second-order valence-corrected chi connectivity index (χ2v) is 8.16. The summed E-state index contributed by atoms with van der Waals surface area (Å²) in [5.41, 5.74) is 1.18. The zero-order chi connectivity index (χ0) is 19.0. The third kappa shape index (κ3) is 3.92. The average Bonchev–Trinajstić information content (AvgIpc) is 3.50. The lowest BCUT2D eigenvalue weighted by Crippen LogP contribution is -2.44. The summed E-state index contributed by atoms with van der Waals surface area (Å²) in [6, 6.07) is 0.222. The summed E-state index contributed by atoms with van der Waals surface area (Å²) < 4.78 is 1.46. The highest BCUT2D eigenvalue weighted by Gasteiger charge is 2.35. The van der Waals surface area contributed by atoms with E-state index in [-0.39, 0.29) is 35.9 Å². The van der Waals surface area contributed by atoms with Crippen LogP contribution in [-0.4, -0.2) is 38.9 Å². The number of nitrogens with one attached hydrogen (secondary N) is 1. The van der Waals surface area contributed by atoms with Crippen molar-refractivity contribution in [2.45, 2.75) is 77.4 Å². The Balaban J connectivity index is 1.50. The molecular weight excluding hydrogens is 344 g/mol. The first-order chi connectivity index (χ1) is 13.0. The van der Waals surface area contributed by atoms with E-state index in [9.17, 15) is 14.4 Å². The Bertz CT molecular complexity index is 806. The molecule has 0 spiro atoms. The van der Waals surface area contributed by atoms with Crippen molar-refractivity contribution >= 4 is 11.8 Å². The van der Waals surface area contributed by atoms with Gasteiger partial charge in [0.25, 0.3) is 5.56 Å². The molecule has 7 nitrogen and oxygen atoms in total. The lowest BCUT2D eigenvalue weighted by molar-refractivity contribution is -0.133. The molecule has 1 aliphatic heterocycles. The highest BCUT2D eigenvalue weighted by Crippen LogP contribution is 2.32. The smallest absolute Gasteiger partial charge is 0.259 e. The molecule has 1 aromatic rings. The molecule has 27 heavy (non-hydrogen) atoms. The standard InChI is InChI=1S/C20H28N4O3/c1-13-21-17-9-10-23(19(26)14-7-8-14)11-16(17)20(27)24(13)12-18(25)22-15-5-3-2-4-6-15/h14-15H,2-12H2,1H3,(H,22,25). The van der Waals surface area contributed by atoms with E-state index in [0.717, 1.165) is 44.2 Å². The molecule has 0 atom stereocenters. The second kappa shape index (κ2) is 7.44. The van der Waals surface area contributed by atoms with Gasteiger partial charge in [0, 0.05) is 24.9 Å². The van der Waals surface area contributed by atoms with Crippen molar-refractivity contribution in [1.82, 2.24) is 19.8 Å². The molecule has 0 saturated heterocycles. The van der Waals surface area contributed by atoms with Crippen molar-refractivity contribution < 1.29 is 9.59 Å².